The van der Waals surface area contributed by atoms with Crippen LogP contribution in [0.2, 0.25) is 0 Å². The minimum atomic E-state index is -0.244. The molecule has 9 aromatic carbocycles. The Hall–Kier alpha value is -8.64. The van der Waals surface area contributed by atoms with Gasteiger partial charge in [0.25, 0.3) is 0 Å². The summed E-state index contributed by atoms with van der Waals surface area (Å²) in [7, 11) is 0. The zero-order valence-electron chi connectivity index (χ0n) is 44.7. The van der Waals surface area contributed by atoms with E-state index in [0.717, 1.165) is 56.7 Å². The molecule has 1 heterocycles. The van der Waals surface area contributed by atoms with Crippen molar-refractivity contribution in [2.75, 3.05) is 9.80 Å². The van der Waals surface area contributed by atoms with Crippen molar-refractivity contribution >= 4 is 93.9 Å². The molecule has 1 aromatic heterocycles. The quantitative estimate of drug-likeness (QED) is 0.0713. The Labute approximate surface area is 453 Å². The van der Waals surface area contributed by atoms with Crippen molar-refractivity contribution in [3.63, 3.8) is 0 Å². The van der Waals surface area contributed by atoms with Gasteiger partial charge in [-0.2, -0.15) is 0 Å². The van der Waals surface area contributed by atoms with Crippen LogP contribution in [0.3, 0.4) is 0 Å². The molecule has 0 saturated heterocycles. The Morgan fingerprint density at radius 3 is 1.93 bits per heavy atom. The molecule has 76 heavy (non-hydrogen) atoms. The number of aryl methyl sites for hydroxylation is 2. The number of thiophene rings is 1. The second-order valence-electron chi connectivity index (χ2n) is 20.3. The Balaban J connectivity index is 1.17. The molecule has 0 aliphatic rings. The van der Waals surface area contributed by atoms with Crippen molar-refractivity contribution in [3.05, 3.63) is 270 Å². The largest absolute Gasteiger partial charge is 0.310 e. The number of hydrogen-bond donors (Lipinski definition) is 0. The standard InChI is InChI=1S/C71H64N4S/c1-11-22-58(43-49(5)71(8,9)64-31-20-15-23-48(64)4)74(56-40-35-54(36-41-56)53-24-13-12-14-25-53)67-32-21-30-62-63-45-68(60-28-18-19-29-61(60)69(63)76-70(62)67)75(66-42-37-55-26-16-17-27-59(55)51(66)7)57-38-33-52(34-39-57)46-73-50(6)44-65(72-10)47(2)3/h11-45H,1-2,10,46H2,3-9H3/b49-43+,58-22+,65-44-,73-50?. The maximum absolute atomic E-state index is 4.90. The summed E-state index contributed by atoms with van der Waals surface area (Å²) in [6, 6.07) is 68.6. The summed E-state index contributed by atoms with van der Waals surface area (Å²) >= 11 is 1.87. The zero-order chi connectivity index (χ0) is 53.1. The van der Waals surface area contributed by atoms with Crippen LogP contribution in [0.5, 0.6) is 0 Å². The fourth-order valence-electron chi connectivity index (χ4n) is 10.6. The van der Waals surface area contributed by atoms with E-state index in [0.29, 0.717) is 6.54 Å². The van der Waals surface area contributed by atoms with E-state index in [1.54, 1.807) is 0 Å². The highest BCUT2D eigenvalue weighted by molar-refractivity contribution is 7.27. The van der Waals surface area contributed by atoms with Gasteiger partial charge in [0, 0.05) is 60.1 Å². The minimum absolute atomic E-state index is 0.244. The van der Waals surface area contributed by atoms with Crippen molar-refractivity contribution < 1.29 is 0 Å². The van der Waals surface area contributed by atoms with Gasteiger partial charge >= 0.3 is 0 Å². The molecule has 10 aromatic rings. The second-order valence-corrected chi connectivity index (χ2v) is 21.3. The average molecular weight is 1010 g/mol. The third-order valence-electron chi connectivity index (χ3n) is 15.0. The smallest absolute Gasteiger partial charge is 0.0663 e. The zero-order valence-corrected chi connectivity index (χ0v) is 45.5. The van der Waals surface area contributed by atoms with Crippen molar-refractivity contribution in [2.45, 2.75) is 60.4 Å². The first-order valence-corrected chi connectivity index (χ1v) is 26.8. The van der Waals surface area contributed by atoms with Crippen molar-refractivity contribution in [2.24, 2.45) is 9.98 Å². The monoisotopic (exact) mass is 1000 g/mol. The number of anilines is 5. The summed E-state index contributed by atoms with van der Waals surface area (Å²) in [6.45, 7) is 27.9. The van der Waals surface area contributed by atoms with Gasteiger partial charge in [0.1, 0.15) is 0 Å². The number of nitrogens with zero attached hydrogens (tertiary/aromatic N) is 4. The molecule has 4 nitrogen and oxygen atoms in total. The van der Waals surface area contributed by atoms with Gasteiger partial charge < -0.3 is 9.80 Å². The summed E-state index contributed by atoms with van der Waals surface area (Å²) < 4.78 is 2.45. The fourth-order valence-corrected chi connectivity index (χ4v) is 11.9. The first kappa shape index (κ1) is 50.9. The van der Waals surface area contributed by atoms with E-state index < -0.39 is 0 Å². The van der Waals surface area contributed by atoms with Crippen LogP contribution >= 0.6 is 11.3 Å². The molecule has 0 N–H and O–H groups in total. The maximum Gasteiger partial charge on any atom is 0.0663 e. The number of rotatable bonds is 16. The maximum atomic E-state index is 4.90. The van der Waals surface area contributed by atoms with E-state index in [9.17, 15) is 0 Å². The Kier molecular flexibility index (Phi) is 14.5. The van der Waals surface area contributed by atoms with Crippen molar-refractivity contribution in [3.8, 4) is 11.1 Å². The van der Waals surface area contributed by atoms with E-state index in [2.05, 4.69) is 269 Å². The van der Waals surface area contributed by atoms with Gasteiger partial charge in [0.05, 0.1) is 28.3 Å². The molecule has 374 valence electrons. The second kappa shape index (κ2) is 21.7. The molecule has 0 fully saturated rings. The van der Waals surface area contributed by atoms with Crippen LogP contribution in [-0.2, 0) is 12.0 Å². The molecule has 5 heteroatoms. The molecule has 0 unspecified atom stereocenters. The lowest BCUT2D eigenvalue weighted by Gasteiger charge is -2.32. The van der Waals surface area contributed by atoms with Crippen LogP contribution < -0.4 is 9.80 Å². The molecule has 0 spiro atoms. The fraction of sp³-hybridized carbons (Fsp3) is 0.127. The molecule has 0 aliphatic heterocycles. The summed E-state index contributed by atoms with van der Waals surface area (Å²) in [5, 5.41) is 7.23. The number of fused-ring (bicyclic) bond motifs is 6. The predicted octanol–water partition coefficient (Wildman–Crippen LogP) is 20.4. The average Bonchev–Trinajstić information content (AvgIpc) is 3.83. The Bertz CT molecular complexity index is 3980. The van der Waals surface area contributed by atoms with Crippen LogP contribution in [0, 0.1) is 13.8 Å². The van der Waals surface area contributed by atoms with Gasteiger partial charge in [0.15, 0.2) is 0 Å². The van der Waals surface area contributed by atoms with E-state index in [1.807, 2.05) is 37.3 Å². The minimum Gasteiger partial charge on any atom is -0.310 e. The summed E-state index contributed by atoms with van der Waals surface area (Å²) in [5.74, 6) is 0. The van der Waals surface area contributed by atoms with Crippen LogP contribution in [0.15, 0.2) is 258 Å². The van der Waals surface area contributed by atoms with Gasteiger partial charge in [-0.3, -0.25) is 9.98 Å². The van der Waals surface area contributed by atoms with Crippen LogP contribution in [-0.4, -0.2) is 12.4 Å². The molecule has 0 amide bonds. The molecule has 0 saturated carbocycles. The van der Waals surface area contributed by atoms with Crippen LogP contribution in [0.25, 0.3) is 52.8 Å². The van der Waals surface area contributed by atoms with E-state index >= 15 is 0 Å². The van der Waals surface area contributed by atoms with Gasteiger partial charge in [-0.25, -0.2) is 0 Å². The molecule has 0 atom stereocenters. The highest BCUT2D eigenvalue weighted by Crippen LogP contribution is 2.50. The molecule has 10 rings (SSSR count). The molecule has 0 bridgehead atoms. The lowest BCUT2D eigenvalue weighted by Crippen LogP contribution is -2.22. The Morgan fingerprint density at radius 1 is 0.592 bits per heavy atom. The van der Waals surface area contributed by atoms with E-state index in [4.69, 9.17) is 4.99 Å². The first-order valence-electron chi connectivity index (χ1n) is 26.0. The number of aliphatic imine (C=N–C) groups is 2. The van der Waals surface area contributed by atoms with E-state index in [-0.39, 0.29) is 5.41 Å². The van der Waals surface area contributed by atoms with E-state index in [1.165, 1.54) is 75.1 Å². The van der Waals surface area contributed by atoms with Crippen LogP contribution in [0.1, 0.15) is 56.9 Å². The SMILES string of the molecule is C=C/C=C(\C=C(/C)C(C)(C)c1ccccc1C)N(c1ccc(-c2ccccc2)cc1)c1cccc2c1sc1c3ccccc3c(N(c3ccc(CN=C(C)/C=C(\N=C)C(=C)C)cc3)c3ccc4ccccc4c3C)cc21. The molecule has 0 aliphatic carbocycles. The van der Waals surface area contributed by atoms with Gasteiger partial charge in [-0.1, -0.05) is 184 Å². The Morgan fingerprint density at radius 2 is 1.22 bits per heavy atom. The summed E-state index contributed by atoms with van der Waals surface area (Å²) in [4.78, 5) is 13.9. The van der Waals surface area contributed by atoms with Gasteiger partial charge in [0.2, 0.25) is 0 Å². The number of allylic oxidation sites excluding steroid dienone is 6. The lowest BCUT2D eigenvalue weighted by molar-refractivity contribution is 0.618. The van der Waals surface area contributed by atoms with Crippen LogP contribution in [0.4, 0.5) is 28.4 Å². The molecular formula is C71H64N4S. The van der Waals surface area contributed by atoms with Crippen molar-refractivity contribution in [1.29, 1.82) is 0 Å². The van der Waals surface area contributed by atoms with Gasteiger partial charge in [-0.05, 0) is 152 Å². The molecule has 0 radical (unpaired) electrons. The first-order chi connectivity index (χ1) is 36.9. The van der Waals surface area contributed by atoms with Crippen molar-refractivity contribution in [1.82, 2.24) is 0 Å². The third kappa shape index (κ3) is 9.90. The predicted molar refractivity (Wildman–Crippen MR) is 333 cm³/mol. The highest BCUT2D eigenvalue weighted by Gasteiger charge is 2.27. The van der Waals surface area contributed by atoms with Gasteiger partial charge in [-0.15, -0.1) is 11.3 Å². The number of hydrogen-bond acceptors (Lipinski definition) is 5. The third-order valence-corrected chi connectivity index (χ3v) is 16.2. The summed E-state index contributed by atoms with van der Waals surface area (Å²) in [5.41, 5.74) is 17.2. The normalized spacial score (nSPS) is 12.7. The highest BCUT2D eigenvalue weighted by atomic mass is 32.1. The number of benzene rings is 9. The lowest BCUT2D eigenvalue weighted by atomic mass is 9.76. The topological polar surface area (TPSA) is 31.2 Å². The molecular weight excluding hydrogens is 941 g/mol. The summed E-state index contributed by atoms with van der Waals surface area (Å²) in [6.07, 6.45) is 8.37.